The Morgan fingerprint density at radius 1 is 1.22 bits per heavy atom. The lowest BCUT2D eigenvalue weighted by Gasteiger charge is -2.36. The smallest absolute Gasteiger partial charge is 0.295 e. The predicted molar refractivity (Wildman–Crippen MR) is 79.4 cm³/mol. The number of alkyl halides is 3. The summed E-state index contributed by atoms with van der Waals surface area (Å²) in [5.41, 5.74) is 1.78. The van der Waals surface area contributed by atoms with Crippen molar-refractivity contribution in [3.8, 4) is 0 Å². The van der Waals surface area contributed by atoms with Crippen molar-refractivity contribution in [1.29, 1.82) is 0 Å². The molecule has 0 spiro atoms. The third-order valence-electron chi connectivity index (χ3n) is 4.50. The number of fused-ring (bicyclic) bond motifs is 1. The van der Waals surface area contributed by atoms with Crippen LogP contribution in [-0.2, 0) is 16.6 Å². The molecule has 1 aromatic carbocycles. The lowest BCUT2D eigenvalue weighted by Crippen LogP contribution is -2.47. The van der Waals surface area contributed by atoms with E-state index in [-0.39, 0.29) is 19.1 Å². The molecule has 128 valence electrons. The maximum atomic E-state index is 12.6. The Hall–Kier alpha value is -1.12. The van der Waals surface area contributed by atoms with Crippen molar-refractivity contribution in [1.82, 2.24) is 9.21 Å². The van der Waals surface area contributed by atoms with Gasteiger partial charge >= 0.3 is 6.18 Å². The summed E-state index contributed by atoms with van der Waals surface area (Å²) in [5, 5.41) is 0. The van der Waals surface area contributed by atoms with Gasteiger partial charge in [0.2, 0.25) is 10.0 Å². The van der Waals surface area contributed by atoms with Crippen LogP contribution in [0.2, 0.25) is 0 Å². The van der Waals surface area contributed by atoms with E-state index in [4.69, 9.17) is 0 Å². The summed E-state index contributed by atoms with van der Waals surface area (Å²) in [5.74, 6) is 0. The topological polar surface area (TPSA) is 40.6 Å². The molecule has 0 radical (unpaired) electrons. The molecule has 0 unspecified atom stereocenters. The Morgan fingerprint density at radius 2 is 1.87 bits per heavy atom. The molecule has 0 amide bonds. The first kappa shape index (κ1) is 16.7. The third-order valence-corrected chi connectivity index (χ3v) is 6.49. The minimum Gasteiger partial charge on any atom is -0.295 e. The lowest BCUT2D eigenvalue weighted by molar-refractivity contribution is -0.148. The van der Waals surface area contributed by atoms with Crippen LogP contribution in [0.1, 0.15) is 24.0 Å². The van der Waals surface area contributed by atoms with Crippen LogP contribution >= 0.6 is 0 Å². The molecule has 3 rings (SSSR count). The van der Waals surface area contributed by atoms with Crippen molar-refractivity contribution in [3.05, 3.63) is 29.3 Å². The van der Waals surface area contributed by atoms with E-state index >= 15 is 0 Å². The van der Waals surface area contributed by atoms with Gasteiger partial charge in [0.1, 0.15) is 0 Å². The first-order valence-corrected chi connectivity index (χ1v) is 9.01. The fourth-order valence-corrected chi connectivity index (χ4v) is 5.27. The number of nitrogens with zero attached hydrogens (tertiary/aromatic N) is 2. The number of hydrogen-bond donors (Lipinski definition) is 0. The maximum absolute atomic E-state index is 12.6. The van der Waals surface area contributed by atoms with E-state index in [1.807, 2.05) is 13.0 Å². The largest absolute Gasteiger partial charge is 0.401 e. The molecule has 23 heavy (non-hydrogen) atoms. The van der Waals surface area contributed by atoms with Gasteiger partial charge < -0.3 is 0 Å². The molecule has 8 heteroatoms. The molecule has 2 aliphatic rings. The standard InChI is InChI=1S/C15H19F3N2O2S/c1-11-2-3-14-12(8-11)9-20(23(14,21)22)13-4-6-19(7-5-13)10-15(16,17)18/h2-3,8,13H,4-7,9-10H2,1H3. The van der Waals surface area contributed by atoms with Crippen molar-refractivity contribution in [2.45, 2.75) is 43.4 Å². The van der Waals surface area contributed by atoms with Gasteiger partial charge in [-0.3, -0.25) is 4.90 Å². The molecule has 0 aromatic heterocycles. The SMILES string of the molecule is Cc1ccc2c(c1)CN(C1CCN(CC(F)(F)F)CC1)S2(=O)=O. The number of likely N-dealkylation sites (tertiary alicyclic amines) is 1. The van der Waals surface area contributed by atoms with Gasteiger partial charge in [-0.1, -0.05) is 17.7 Å². The normalized spacial score (nSPS) is 23.1. The molecular formula is C15H19F3N2O2S. The maximum Gasteiger partial charge on any atom is 0.401 e. The molecule has 0 N–H and O–H groups in total. The average molecular weight is 348 g/mol. The van der Waals surface area contributed by atoms with Crippen LogP contribution in [0.25, 0.3) is 0 Å². The number of rotatable bonds is 2. The summed E-state index contributed by atoms with van der Waals surface area (Å²) in [6.45, 7) is 1.84. The van der Waals surface area contributed by atoms with E-state index < -0.39 is 22.7 Å². The zero-order valence-electron chi connectivity index (χ0n) is 12.8. The fraction of sp³-hybridized carbons (Fsp3) is 0.600. The van der Waals surface area contributed by atoms with Crippen molar-refractivity contribution in [2.75, 3.05) is 19.6 Å². The van der Waals surface area contributed by atoms with E-state index in [1.54, 1.807) is 12.1 Å². The van der Waals surface area contributed by atoms with Crippen LogP contribution in [0.15, 0.2) is 23.1 Å². The second-order valence-corrected chi connectivity index (χ2v) is 8.14. The van der Waals surface area contributed by atoms with Gasteiger partial charge in [0.05, 0.1) is 11.4 Å². The third kappa shape index (κ3) is 3.39. The molecular weight excluding hydrogens is 329 g/mol. The van der Waals surface area contributed by atoms with E-state index in [0.717, 1.165) is 11.1 Å². The van der Waals surface area contributed by atoms with Crippen molar-refractivity contribution >= 4 is 10.0 Å². The van der Waals surface area contributed by atoms with Gasteiger partial charge in [-0.2, -0.15) is 17.5 Å². The van der Waals surface area contributed by atoms with Crippen LogP contribution in [0.3, 0.4) is 0 Å². The second-order valence-electron chi connectivity index (χ2n) is 6.28. The Balaban J connectivity index is 1.71. The molecule has 1 fully saturated rings. The summed E-state index contributed by atoms with van der Waals surface area (Å²) >= 11 is 0. The highest BCUT2D eigenvalue weighted by atomic mass is 32.2. The number of sulfonamides is 1. The molecule has 0 aliphatic carbocycles. The quantitative estimate of drug-likeness (QED) is 0.825. The summed E-state index contributed by atoms with van der Waals surface area (Å²) in [6, 6.07) is 5.04. The molecule has 0 bridgehead atoms. The number of hydrogen-bond acceptors (Lipinski definition) is 3. The Bertz CT molecular complexity index is 695. The van der Waals surface area contributed by atoms with Crippen LogP contribution in [-0.4, -0.2) is 49.5 Å². The molecule has 2 aliphatic heterocycles. The first-order valence-electron chi connectivity index (χ1n) is 7.57. The molecule has 0 atom stereocenters. The number of halogens is 3. The van der Waals surface area contributed by atoms with Gasteiger partial charge in [0, 0.05) is 25.7 Å². The second kappa shape index (κ2) is 5.75. The summed E-state index contributed by atoms with van der Waals surface area (Å²) in [4.78, 5) is 1.68. The predicted octanol–water partition coefficient (Wildman–Crippen LogP) is 2.53. The van der Waals surface area contributed by atoms with Gasteiger partial charge in [-0.25, -0.2) is 8.42 Å². The Labute approximate surface area is 133 Å². The lowest BCUT2D eigenvalue weighted by atomic mass is 10.0. The molecule has 2 heterocycles. The van der Waals surface area contributed by atoms with E-state index in [2.05, 4.69) is 0 Å². The monoisotopic (exact) mass is 348 g/mol. The van der Waals surface area contributed by atoms with Gasteiger partial charge in [-0.05, 0) is 31.4 Å². The highest BCUT2D eigenvalue weighted by molar-refractivity contribution is 7.89. The van der Waals surface area contributed by atoms with Crippen molar-refractivity contribution in [3.63, 3.8) is 0 Å². The van der Waals surface area contributed by atoms with Gasteiger partial charge in [0.15, 0.2) is 0 Å². The molecule has 4 nitrogen and oxygen atoms in total. The highest BCUT2D eigenvalue weighted by Gasteiger charge is 2.41. The van der Waals surface area contributed by atoms with Crippen LogP contribution in [0, 0.1) is 6.92 Å². The summed E-state index contributed by atoms with van der Waals surface area (Å²) in [6.07, 6.45) is -3.34. The number of aryl methyl sites for hydroxylation is 1. The van der Waals surface area contributed by atoms with Crippen LogP contribution in [0.4, 0.5) is 13.2 Å². The number of benzene rings is 1. The minimum atomic E-state index is -4.21. The zero-order chi connectivity index (χ0) is 16.8. The fourth-order valence-electron chi connectivity index (χ4n) is 3.41. The first-order chi connectivity index (χ1) is 10.7. The molecule has 1 saturated heterocycles. The number of piperidine rings is 1. The van der Waals surface area contributed by atoms with Crippen LogP contribution in [0.5, 0.6) is 0 Å². The summed E-state index contributed by atoms with van der Waals surface area (Å²) in [7, 11) is -3.52. The molecule has 1 aromatic rings. The Kier molecular flexibility index (Phi) is 4.18. The average Bonchev–Trinajstić information content (AvgIpc) is 2.69. The van der Waals surface area contributed by atoms with E-state index in [0.29, 0.717) is 24.3 Å². The van der Waals surface area contributed by atoms with Gasteiger partial charge in [-0.15, -0.1) is 0 Å². The Morgan fingerprint density at radius 3 is 2.48 bits per heavy atom. The van der Waals surface area contributed by atoms with Gasteiger partial charge in [0.25, 0.3) is 0 Å². The van der Waals surface area contributed by atoms with Crippen molar-refractivity contribution in [2.24, 2.45) is 0 Å². The summed E-state index contributed by atoms with van der Waals surface area (Å²) < 4.78 is 64.0. The van der Waals surface area contributed by atoms with Crippen molar-refractivity contribution < 1.29 is 21.6 Å². The van der Waals surface area contributed by atoms with E-state index in [9.17, 15) is 21.6 Å². The van der Waals surface area contributed by atoms with Crippen LogP contribution < -0.4 is 0 Å². The molecule has 0 saturated carbocycles. The zero-order valence-corrected chi connectivity index (χ0v) is 13.6. The minimum absolute atomic E-state index is 0.225. The van der Waals surface area contributed by atoms with E-state index in [1.165, 1.54) is 9.21 Å². The highest BCUT2D eigenvalue weighted by Crippen LogP contribution is 2.35.